The van der Waals surface area contributed by atoms with Gasteiger partial charge in [0.15, 0.2) is 5.76 Å². The van der Waals surface area contributed by atoms with E-state index in [1.807, 2.05) is 31.2 Å². The number of rotatable bonds is 4. The number of piperazine rings is 1. The second-order valence-corrected chi connectivity index (χ2v) is 6.75. The molecule has 1 aromatic carbocycles. The van der Waals surface area contributed by atoms with E-state index in [0.29, 0.717) is 38.5 Å². The summed E-state index contributed by atoms with van der Waals surface area (Å²) in [5, 5.41) is 0. The molecule has 1 aliphatic rings. The highest BCUT2D eigenvalue weighted by Crippen LogP contribution is 2.14. The molecule has 0 unspecified atom stereocenters. The van der Waals surface area contributed by atoms with Crippen LogP contribution in [0.1, 0.15) is 17.5 Å². The fraction of sp³-hybridized carbons (Fsp3) is 0.350. The maximum Gasteiger partial charge on any atom is 0.329 e. The van der Waals surface area contributed by atoms with Crippen LogP contribution in [-0.4, -0.2) is 56.9 Å². The number of imidazole rings is 1. The number of aryl methyl sites for hydroxylation is 1. The molecule has 0 saturated carbocycles. The predicted molar refractivity (Wildman–Crippen MR) is 103 cm³/mol. The van der Waals surface area contributed by atoms with Crippen molar-refractivity contribution in [1.29, 1.82) is 0 Å². The van der Waals surface area contributed by atoms with E-state index in [0.717, 1.165) is 11.0 Å². The second-order valence-electron chi connectivity index (χ2n) is 6.75. The average molecular weight is 382 g/mol. The fourth-order valence-electron chi connectivity index (χ4n) is 3.68. The third kappa shape index (κ3) is 3.11. The maximum atomic E-state index is 12.8. The Kier molecular flexibility index (Phi) is 4.77. The van der Waals surface area contributed by atoms with Crippen molar-refractivity contribution in [3.8, 4) is 0 Å². The van der Waals surface area contributed by atoms with E-state index in [4.69, 9.17) is 4.42 Å². The molecule has 3 aromatic rings. The van der Waals surface area contributed by atoms with Crippen molar-refractivity contribution in [1.82, 2.24) is 18.9 Å². The third-order valence-electron chi connectivity index (χ3n) is 5.19. The molecule has 1 saturated heterocycles. The van der Waals surface area contributed by atoms with E-state index in [1.165, 1.54) is 10.8 Å². The van der Waals surface area contributed by atoms with E-state index in [2.05, 4.69) is 0 Å². The van der Waals surface area contributed by atoms with Gasteiger partial charge in [0.1, 0.15) is 6.54 Å². The van der Waals surface area contributed by atoms with Crippen molar-refractivity contribution in [2.45, 2.75) is 20.0 Å². The molecular formula is C20H22N4O4. The average Bonchev–Trinajstić information content (AvgIpc) is 3.35. The molecule has 2 aromatic heterocycles. The Balaban J connectivity index is 1.46. The van der Waals surface area contributed by atoms with Gasteiger partial charge in [0.2, 0.25) is 5.91 Å². The molecule has 1 fully saturated rings. The standard InChI is InChI=1S/C20H22N4O4/c1-2-23-15-6-3-4-7-16(15)24(20(23)27)14-18(25)21-9-11-22(12-10-21)19(26)17-8-5-13-28-17/h3-8,13H,2,9-12,14H2,1H3. The molecule has 8 nitrogen and oxygen atoms in total. The summed E-state index contributed by atoms with van der Waals surface area (Å²) in [7, 11) is 0. The van der Waals surface area contributed by atoms with Crippen LogP contribution in [-0.2, 0) is 17.9 Å². The smallest absolute Gasteiger partial charge is 0.329 e. The predicted octanol–water partition coefficient (Wildman–Crippen LogP) is 1.40. The minimum absolute atomic E-state index is 0.00151. The van der Waals surface area contributed by atoms with Crippen LogP contribution in [0.5, 0.6) is 0 Å². The minimum atomic E-state index is -0.177. The number of carbonyl (C=O) groups excluding carboxylic acids is 2. The molecule has 0 aliphatic carbocycles. The van der Waals surface area contributed by atoms with Crippen LogP contribution in [0.25, 0.3) is 11.0 Å². The summed E-state index contributed by atoms with van der Waals surface area (Å²) in [6, 6.07) is 10.8. The highest BCUT2D eigenvalue weighted by molar-refractivity contribution is 5.91. The van der Waals surface area contributed by atoms with Crippen molar-refractivity contribution in [2.75, 3.05) is 26.2 Å². The third-order valence-corrected chi connectivity index (χ3v) is 5.19. The highest BCUT2D eigenvalue weighted by atomic mass is 16.3. The molecule has 0 radical (unpaired) electrons. The summed E-state index contributed by atoms with van der Waals surface area (Å²) in [6.45, 7) is 4.22. The summed E-state index contributed by atoms with van der Waals surface area (Å²) in [6.07, 6.45) is 1.47. The maximum absolute atomic E-state index is 12.8. The van der Waals surface area contributed by atoms with Crippen LogP contribution in [0.2, 0.25) is 0 Å². The van der Waals surface area contributed by atoms with Crippen LogP contribution >= 0.6 is 0 Å². The van der Waals surface area contributed by atoms with Gasteiger partial charge in [-0.15, -0.1) is 0 Å². The number of nitrogens with zero attached hydrogens (tertiary/aromatic N) is 4. The monoisotopic (exact) mass is 382 g/mol. The zero-order chi connectivity index (χ0) is 19.7. The Labute approximate surface area is 161 Å². The first-order chi connectivity index (χ1) is 13.6. The van der Waals surface area contributed by atoms with Gasteiger partial charge < -0.3 is 14.2 Å². The highest BCUT2D eigenvalue weighted by Gasteiger charge is 2.26. The number of para-hydroxylation sites is 2. The zero-order valence-corrected chi connectivity index (χ0v) is 15.7. The summed E-state index contributed by atoms with van der Waals surface area (Å²) in [4.78, 5) is 41.2. The first kappa shape index (κ1) is 18.1. The molecule has 0 spiro atoms. The van der Waals surface area contributed by atoms with Crippen LogP contribution in [0.15, 0.2) is 51.9 Å². The zero-order valence-electron chi connectivity index (χ0n) is 15.7. The normalized spacial score (nSPS) is 14.6. The van der Waals surface area contributed by atoms with E-state index in [-0.39, 0.29) is 24.0 Å². The number of benzene rings is 1. The number of aromatic nitrogens is 2. The molecule has 1 aliphatic heterocycles. The summed E-state index contributed by atoms with van der Waals surface area (Å²) in [5.74, 6) is 0.0178. The molecule has 0 atom stereocenters. The first-order valence-corrected chi connectivity index (χ1v) is 9.38. The van der Waals surface area contributed by atoms with Crippen LogP contribution in [0.3, 0.4) is 0 Å². The number of furan rings is 1. The van der Waals surface area contributed by atoms with Gasteiger partial charge in [0, 0.05) is 32.7 Å². The van der Waals surface area contributed by atoms with E-state index < -0.39 is 0 Å². The van der Waals surface area contributed by atoms with Crippen molar-refractivity contribution < 1.29 is 14.0 Å². The van der Waals surface area contributed by atoms with Gasteiger partial charge in [-0.25, -0.2) is 4.79 Å². The second kappa shape index (κ2) is 7.38. The first-order valence-electron chi connectivity index (χ1n) is 9.38. The molecule has 4 rings (SSSR count). The van der Waals surface area contributed by atoms with Gasteiger partial charge in [-0.2, -0.15) is 0 Å². The number of hydrogen-bond acceptors (Lipinski definition) is 4. The SMILES string of the molecule is CCn1c(=O)n(CC(=O)N2CCN(C(=O)c3ccco3)CC2)c2ccccc21. The van der Waals surface area contributed by atoms with Crippen LogP contribution in [0, 0.1) is 0 Å². The van der Waals surface area contributed by atoms with Gasteiger partial charge in [0.25, 0.3) is 5.91 Å². The lowest BCUT2D eigenvalue weighted by Crippen LogP contribution is -2.51. The lowest BCUT2D eigenvalue weighted by atomic mass is 10.2. The molecule has 8 heteroatoms. The van der Waals surface area contributed by atoms with Crippen molar-refractivity contribution in [3.05, 3.63) is 58.9 Å². The lowest BCUT2D eigenvalue weighted by molar-refractivity contribution is -0.133. The van der Waals surface area contributed by atoms with E-state index in [9.17, 15) is 14.4 Å². The molecule has 3 heterocycles. The minimum Gasteiger partial charge on any atom is -0.459 e. The molecule has 2 amide bonds. The number of carbonyl (C=O) groups is 2. The van der Waals surface area contributed by atoms with Gasteiger partial charge in [-0.3, -0.25) is 18.7 Å². The van der Waals surface area contributed by atoms with Crippen LogP contribution < -0.4 is 5.69 Å². The van der Waals surface area contributed by atoms with Crippen molar-refractivity contribution >= 4 is 22.8 Å². The number of hydrogen-bond donors (Lipinski definition) is 0. The van der Waals surface area contributed by atoms with Gasteiger partial charge >= 0.3 is 5.69 Å². The van der Waals surface area contributed by atoms with Crippen molar-refractivity contribution in [3.63, 3.8) is 0 Å². The molecular weight excluding hydrogens is 360 g/mol. The largest absolute Gasteiger partial charge is 0.459 e. The molecule has 0 N–H and O–H groups in total. The molecule has 28 heavy (non-hydrogen) atoms. The van der Waals surface area contributed by atoms with E-state index >= 15 is 0 Å². The molecule has 0 bridgehead atoms. The van der Waals surface area contributed by atoms with Gasteiger partial charge in [0.05, 0.1) is 17.3 Å². The topological polar surface area (TPSA) is 80.7 Å². The Morgan fingerprint density at radius 2 is 1.57 bits per heavy atom. The fourth-order valence-corrected chi connectivity index (χ4v) is 3.68. The number of amides is 2. The van der Waals surface area contributed by atoms with E-state index in [1.54, 1.807) is 26.5 Å². The summed E-state index contributed by atoms with van der Waals surface area (Å²) in [5.41, 5.74) is 1.41. The number of fused-ring (bicyclic) bond motifs is 1. The molecule has 146 valence electrons. The summed E-state index contributed by atoms with van der Waals surface area (Å²) < 4.78 is 8.36. The summed E-state index contributed by atoms with van der Waals surface area (Å²) >= 11 is 0. The Morgan fingerprint density at radius 1 is 0.929 bits per heavy atom. The Morgan fingerprint density at radius 3 is 2.18 bits per heavy atom. The van der Waals surface area contributed by atoms with Gasteiger partial charge in [-0.1, -0.05) is 12.1 Å². The van der Waals surface area contributed by atoms with Crippen LogP contribution in [0.4, 0.5) is 0 Å². The van der Waals surface area contributed by atoms with Gasteiger partial charge in [-0.05, 0) is 31.2 Å². The van der Waals surface area contributed by atoms with Crippen molar-refractivity contribution in [2.24, 2.45) is 0 Å². The lowest BCUT2D eigenvalue weighted by Gasteiger charge is -2.34. The Hall–Kier alpha value is -3.29. The quantitative estimate of drug-likeness (QED) is 0.683. The Bertz CT molecular complexity index is 1060.